The van der Waals surface area contributed by atoms with Gasteiger partial charge in [-0.1, -0.05) is 0 Å². The van der Waals surface area contributed by atoms with Gasteiger partial charge in [-0.05, 0) is 41.5 Å². The van der Waals surface area contributed by atoms with Crippen LogP contribution < -0.4 is 0 Å². The van der Waals surface area contributed by atoms with Crippen LogP contribution in [0.2, 0.25) is 0 Å². The summed E-state index contributed by atoms with van der Waals surface area (Å²) in [6, 6.07) is 7.95. The van der Waals surface area contributed by atoms with Gasteiger partial charge in [-0.3, -0.25) is 0 Å². The summed E-state index contributed by atoms with van der Waals surface area (Å²) < 4.78 is 1.26. The molecule has 1 heterocycles. The molecule has 2 nitrogen and oxygen atoms in total. The maximum Gasteiger partial charge on any atom is 1.00 e. The number of rotatable bonds is 0. The number of thiophene rings is 1. The largest absolute Gasteiger partial charge is 1.00 e. The summed E-state index contributed by atoms with van der Waals surface area (Å²) in [5, 5.41) is 18.3. The van der Waals surface area contributed by atoms with Crippen LogP contribution in [0.3, 0.4) is 0 Å². The minimum absolute atomic E-state index is 0. The van der Waals surface area contributed by atoms with Crippen LogP contribution in [0.5, 0.6) is 0 Å². The van der Waals surface area contributed by atoms with Gasteiger partial charge in [-0.25, -0.2) is 0 Å². The Kier molecular flexibility index (Phi) is 5.67. The van der Waals surface area contributed by atoms with Crippen LogP contribution in [-0.4, -0.2) is 0 Å². The molecule has 1 aromatic heterocycles. The molecular formula is C11H7CuN2S. The van der Waals surface area contributed by atoms with Crippen molar-refractivity contribution in [3.05, 3.63) is 41.3 Å². The molecule has 0 amide bonds. The number of benzene rings is 1. The van der Waals surface area contributed by atoms with Crippen molar-refractivity contribution in [3.8, 4) is 6.07 Å². The summed E-state index contributed by atoms with van der Waals surface area (Å²) in [6.07, 6.45) is 0. The predicted octanol–water partition coefficient (Wildman–Crippen LogP) is 3.18. The van der Waals surface area contributed by atoms with Crippen LogP contribution in [0.15, 0.2) is 23.6 Å². The Morgan fingerprint density at radius 1 is 1.33 bits per heavy atom. The van der Waals surface area contributed by atoms with Crippen molar-refractivity contribution in [3.63, 3.8) is 0 Å². The molecule has 0 aliphatic carbocycles. The molecular weight excluding hydrogens is 256 g/mol. The van der Waals surface area contributed by atoms with Gasteiger partial charge >= 0.3 is 17.1 Å². The smallest absolute Gasteiger partial charge is 0.512 e. The van der Waals surface area contributed by atoms with E-state index in [1.807, 2.05) is 18.2 Å². The average molecular weight is 263 g/mol. The second-order valence-corrected chi connectivity index (χ2v) is 3.65. The third kappa shape index (κ3) is 2.81. The van der Waals surface area contributed by atoms with E-state index in [0.717, 1.165) is 5.56 Å². The van der Waals surface area contributed by atoms with E-state index in [0.29, 0.717) is 0 Å². The fourth-order valence-corrected chi connectivity index (χ4v) is 2.15. The number of nitrogens with zero attached hydrogens (tertiary/aromatic N) is 2. The number of aryl methyl sites for hydroxylation is 1. The normalized spacial score (nSPS) is 8.13. The fourth-order valence-electron chi connectivity index (χ4n) is 1.23. The fraction of sp³-hybridized carbons (Fsp3) is 0.0909. The maximum atomic E-state index is 8.68. The van der Waals surface area contributed by atoms with E-state index in [1.165, 1.54) is 15.6 Å². The molecule has 2 aromatic rings. The van der Waals surface area contributed by atoms with E-state index in [1.54, 1.807) is 11.3 Å². The zero-order valence-electron chi connectivity index (χ0n) is 7.91. The van der Waals surface area contributed by atoms with Gasteiger partial charge in [0, 0.05) is 4.70 Å². The van der Waals surface area contributed by atoms with Crippen LogP contribution >= 0.6 is 11.3 Å². The molecule has 0 unspecified atom stereocenters. The molecule has 15 heavy (non-hydrogen) atoms. The molecule has 0 radical (unpaired) electrons. The molecule has 1 aromatic carbocycles. The van der Waals surface area contributed by atoms with E-state index in [4.69, 9.17) is 17.1 Å². The number of fused-ring (bicyclic) bond motifs is 1. The zero-order chi connectivity index (χ0) is 10.6. The van der Waals surface area contributed by atoms with Crippen molar-refractivity contribution < 1.29 is 17.1 Å². The Labute approximate surface area is 103 Å². The average Bonchev–Trinajstić information content (AvgIpc) is 2.63. The molecule has 0 fully saturated rings. The molecule has 0 saturated carbocycles. The second-order valence-electron chi connectivity index (χ2n) is 2.74. The maximum absolute atomic E-state index is 8.68. The molecule has 78 valence electrons. The van der Waals surface area contributed by atoms with Crippen LogP contribution in [0.1, 0.15) is 11.1 Å². The van der Waals surface area contributed by atoms with Crippen molar-refractivity contribution in [2.45, 2.75) is 6.92 Å². The zero-order valence-corrected chi connectivity index (χ0v) is 9.67. The van der Waals surface area contributed by atoms with Gasteiger partial charge in [0.2, 0.25) is 0 Å². The third-order valence-corrected chi connectivity index (χ3v) is 2.98. The first-order valence-corrected chi connectivity index (χ1v) is 4.79. The van der Waals surface area contributed by atoms with Gasteiger partial charge in [0.1, 0.15) is 0 Å². The Bertz CT molecular complexity index is 508. The molecule has 0 N–H and O–H groups in total. The Morgan fingerprint density at radius 2 is 2.00 bits per heavy atom. The van der Waals surface area contributed by atoms with Crippen molar-refractivity contribution in [1.82, 2.24) is 0 Å². The van der Waals surface area contributed by atoms with Crippen molar-refractivity contribution in [2.24, 2.45) is 0 Å². The van der Waals surface area contributed by atoms with Crippen molar-refractivity contribution >= 4 is 21.4 Å². The SMILES string of the molecule is Cc1csc2ccc(C#N)cc12.[C-]#N.[Cu+]. The summed E-state index contributed by atoms with van der Waals surface area (Å²) in [6.45, 7) is 6.82. The predicted molar refractivity (Wildman–Crippen MR) is 56.2 cm³/mol. The molecule has 0 bridgehead atoms. The Balaban J connectivity index is 0.000000617. The minimum atomic E-state index is 0. The molecule has 0 aliphatic heterocycles. The van der Waals surface area contributed by atoms with Crippen LogP contribution in [0.4, 0.5) is 0 Å². The third-order valence-electron chi connectivity index (χ3n) is 1.90. The molecule has 0 spiro atoms. The monoisotopic (exact) mass is 262 g/mol. The van der Waals surface area contributed by atoms with E-state index in [-0.39, 0.29) is 17.1 Å². The van der Waals surface area contributed by atoms with Gasteiger partial charge in [0.25, 0.3) is 0 Å². The first-order valence-electron chi connectivity index (χ1n) is 3.91. The number of nitriles is 1. The quantitative estimate of drug-likeness (QED) is 0.541. The van der Waals surface area contributed by atoms with Crippen molar-refractivity contribution in [1.29, 1.82) is 10.5 Å². The number of hydrogen-bond donors (Lipinski definition) is 0. The molecule has 0 saturated heterocycles. The number of hydrogen-bond acceptors (Lipinski definition) is 3. The van der Waals surface area contributed by atoms with Crippen LogP contribution in [-0.2, 0) is 17.1 Å². The van der Waals surface area contributed by atoms with E-state index in [2.05, 4.69) is 18.4 Å². The summed E-state index contributed by atoms with van der Waals surface area (Å²) in [7, 11) is 0. The summed E-state index contributed by atoms with van der Waals surface area (Å²) in [5.41, 5.74) is 2.00. The van der Waals surface area contributed by atoms with Gasteiger partial charge in [0.15, 0.2) is 0 Å². The summed E-state index contributed by atoms with van der Waals surface area (Å²) in [5.74, 6) is 0. The molecule has 2 rings (SSSR count). The van der Waals surface area contributed by atoms with Gasteiger partial charge < -0.3 is 11.8 Å². The van der Waals surface area contributed by atoms with E-state index < -0.39 is 0 Å². The van der Waals surface area contributed by atoms with Gasteiger partial charge in [-0.15, -0.1) is 11.3 Å². The summed E-state index contributed by atoms with van der Waals surface area (Å²) >= 11 is 1.72. The van der Waals surface area contributed by atoms with E-state index >= 15 is 0 Å². The Hall–Kier alpha value is -1.32. The summed E-state index contributed by atoms with van der Waals surface area (Å²) in [4.78, 5) is 0. The van der Waals surface area contributed by atoms with Gasteiger partial charge in [0.05, 0.1) is 11.6 Å². The first-order chi connectivity index (χ1) is 6.81. The van der Waals surface area contributed by atoms with E-state index in [9.17, 15) is 0 Å². The standard InChI is InChI=1S/C10H7NS.CN.Cu/c1-7-6-12-10-3-2-8(5-11)4-9(7)10;1-2;/h2-4,6H,1H3;;/q;-1;+1. The Morgan fingerprint density at radius 3 is 2.60 bits per heavy atom. The minimum Gasteiger partial charge on any atom is -0.512 e. The second kappa shape index (κ2) is 6.22. The topological polar surface area (TPSA) is 47.6 Å². The van der Waals surface area contributed by atoms with Crippen LogP contribution in [0.25, 0.3) is 10.1 Å². The molecule has 0 atom stereocenters. The molecule has 4 heteroatoms. The van der Waals surface area contributed by atoms with Gasteiger partial charge in [-0.2, -0.15) is 5.26 Å². The van der Waals surface area contributed by atoms with Crippen molar-refractivity contribution in [2.75, 3.05) is 0 Å². The van der Waals surface area contributed by atoms with Crippen LogP contribution in [0, 0.1) is 30.1 Å². The first kappa shape index (κ1) is 13.7. The molecule has 0 aliphatic rings.